The van der Waals surface area contributed by atoms with Crippen LogP contribution in [0.1, 0.15) is 25.8 Å². The number of aryl methyl sites for hydroxylation is 1. The molecule has 24 heavy (non-hydrogen) atoms. The molecule has 2 fully saturated rings. The molecule has 1 atom stereocenters. The number of amides is 3. The number of anilines is 1. The van der Waals surface area contributed by atoms with Gasteiger partial charge in [-0.15, -0.1) is 0 Å². The third kappa shape index (κ3) is 2.57. The van der Waals surface area contributed by atoms with E-state index in [9.17, 15) is 14.4 Å². The lowest BCUT2D eigenvalue weighted by Crippen LogP contribution is -2.71. The summed E-state index contributed by atoms with van der Waals surface area (Å²) in [6, 6.07) is 6.56. The summed E-state index contributed by atoms with van der Waals surface area (Å²) < 4.78 is 0. The van der Waals surface area contributed by atoms with Gasteiger partial charge in [-0.25, -0.2) is 5.01 Å². The van der Waals surface area contributed by atoms with E-state index in [-0.39, 0.29) is 29.3 Å². The molecule has 1 aromatic carbocycles. The quantitative estimate of drug-likeness (QED) is 0.779. The van der Waals surface area contributed by atoms with Crippen LogP contribution in [0.5, 0.6) is 0 Å². The number of benzene rings is 1. The van der Waals surface area contributed by atoms with Gasteiger partial charge in [-0.2, -0.15) is 5.01 Å². The Morgan fingerprint density at radius 2 is 1.92 bits per heavy atom. The molecule has 2 saturated heterocycles. The second-order valence-electron chi connectivity index (χ2n) is 6.44. The number of thiocarbonyl (C=S) groups is 1. The summed E-state index contributed by atoms with van der Waals surface area (Å²) in [5.41, 5.74) is 0.650. The van der Waals surface area contributed by atoms with Gasteiger partial charge in [0, 0.05) is 5.69 Å². The molecule has 8 heteroatoms. The van der Waals surface area contributed by atoms with E-state index in [1.165, 1.54) is 10.0 Å². The first-order valence-corrected chi connectivity index (χ1v) is 7.98. The van der Waals surface area contributed by atoms with E-state index in [1.807, 2.05) is 19.1 Å². The van der Waals surface area contributed by atoms with Crippen molar-refractivity contribution >= 4 is 40.7 Å². The second kappa shape index (κ2) is 5.64. The second-order valence-corrected chi connectivity index (χ2v) is 6.83. The largest absolute Gasteiger partial charge is 0.325 e. The van der Waals surface area contributed by atoms with Crippen molar-refractivity contribution in [3.8, 4) is 0 Å². The Balaban J connectivity index is 1.88. The number of rotatable bonds is 2. The lowest BCUT2D eigenvalue weighted by Gasteiger charge is -2.45. The Bertz CT molecular complexity index is 744. The standard InChI is InChI=1S/C16H18N4O3S/c1-9-4-6-10(7-5-9)17-13(22)11-8-12(21)19-15(24)18-14(23)16(2,3)20(11)19/h4-7,11H,8H2,1-3H3,(H,17,22)(H,18,23,24)/t11-/m1/s1. The van der Waals surface area contributed by atoms with Crippen LogP contribution in [0, 0.1) is 6.92 Å². The number of nitrogens with one attached hydrogen (secondary N) is 2. The maximum Gasteiger partial charge on any atom is 0.248 e. The molecule has 0 aromatic heterocycles. The molecule has 2 heterocycles. The van der Waals surface area contributed by atoms with Crippen LogP contribution < -0.4 is 10.6 Å². The highest BCUT2D eigenvalue weighted by Gasteiger charge is 2.56. The van der Waals surface area contributed by atoms with E-state index < -0.39 is 11.6 Å². The first-order chi connectivity index (χ1) is 11.2. The smallest absolute Gasteiger partial charge is 0.248 e. The molecule has 0 unspecified atom stereocenters. The summed E-state index contributed by atoms with van der Waals surface area (Å²) in [5.74, 6) is -0.996. The van der Waals surface area contributed by atoms with Gasteiger partial charge < -0.3 is 5.32 Å². The van der Waals surface area contributed by atoms with Gasteiger partial charge in [-0.1, -0.05) is 17.7 Å². The number of carbonyl (C=O) groups is 3. The monoisotopic (exact) mass is 346 g/mol. The van der Waals surface area contributed by atoms with E-state index in [4.69, 9.17) is 12.2 Å². The first-order valence-electron chi connectivity index (χ1n) is 7.57. The molecule has 0 saturated carbocycles. The molecule has 2 N–H and O–H groups in total. The molecule has 126 valence electrons. The molecule has 0 aliphatic carbocycles. The Morgan fingerprint density at radius 1 is 1.29 bits per heavy atom. The molecule has 3 amide bonds. The topological polar surface area (TPSA) is 81.8 Å². The highest BCUT2D eigenvalue weighted by atomic mass is 32.1. The van der Waals surface area contributed by atoms with Crippen molar-refractivity contribution in [1.82, 2.24) is 15.3 Å². The zero-order valence-electron chi connectivity index (χ0n) is 13.6. The van der Waals surface area contributed by atoms with Gasteiger partial charge in [-0.3, -0.25) is 19.7 Å². The number of hydrogen-bond donors (Lipinski definition) is 2. The van der Waals surface area contributed by atoms with Gasteiger partial charge >= 0.3 is 0 Å². The Kier molecular flexibility index (Phi) is 3.89. The molecule has 2 aliphatic rings. The number of hydrogen-bond acceptors (Lipinski definition) is 5. The maximum absolute atomic E-state index is 12.7. The lowest BCUT2D eigenvalue weighted by atomic mass is 10.00. The Morgan fingerprint density at radius 3 is 2.54 bits per heavy atom. The van der Waals surface area contributed by atoms with Gasteiger partial charge in [-0.05, 0) is 45.1 Å². The van der Waals surface area contributed by atoms with Crippen molar-refractivity contribution in [3.05, 3.63) is 29.8 Å². The van der Waals surface area contributed by atoms with Crippen LogP contribution >= 0.6 is 12.2 Å². The summed E-state index contributed by atoms with van der Waals surface area (Å²) >= 11 is 5.08. The number of carbonyl (C=O) groups excluding carboxylic acids is 3. The van der Waals surface area contributed by atoms with Crippen molar-refractivity contribution in [2.24, 2.45) is 0 Å². The maximum atomic E-state index is 12.7. The Labute approximate surface area is 145 Å². The highest BCUT2D eigenvalue weighted by Crippen LogP contribution is 2.32. The SMILES string of the molecule is Cc1ccc(NC(=O)[C@H]2CC(=O)N3C(=S)NC(=O)C(C)(C)N23)cc1. The molecule has 2 aliphatic heterocycles. The van der Waals surface area contributed by atoms with E-state index in [0.29, 0.717) is 5.69 Å². The van der Waals surface area contributed by atoms with Crippen LogP contribution in [0.15, 0.2) is 24.3 Å². The number of nitrogens with zero attached hydrogens (tertiary/aromatic N) is 2. The van der Waals surface area contributed by atoms with Crippen LogP contribution in [0.4, 0.5) is 5.69 Å². The molecule has 0 radical (unpaired) electrons. The molecule has 0 bridgehead atoms. The summed E-state index contributed by atoms with van der Waals surface area (Å²) in [5, 5.41) is 8.01. The zero-order chi connectivity index (χ0) is 17.6. The summed E-state index contributed by atoms with van der Waals surface area (Å²) in [4.78, 5) is 37.2. The van der Waals surface area contributed by atoms with Crippen LogP contribution in [-0.4, -0.2) is 44.4 Å². The minimum absolute atomic E-state index is 0.00922. The van der Waals surface area contributed by atoms with Crippen LogP contribution in [0.3, 0.4) is 0 Å². The molecular weight excluding hydrogens is 328 g/mol. The minimum atomic E-state index is -1.07. The van der Waals surface area contributed by atoms with Crippen LogP contribution in [0.2, 0.25) is 0 Å². The minimum Gasteiger partial charge on any atom is -0.325 e. The van der Waals surface area contributed by atoms with Crippen molar-refractivity contribution in [3.63, 3.8) is 0 Å². The summed E-state index contributed by atoms with van der Waals surface area (Å²) in [6.07, 6.45) is -0.0315. The van der Waals surface area contributed by atoms with Crippen molar-refractivity contribution < 1.29 is 14.4 Å². The van der Waals surface area contributed by atoms with E-state index in [2.05, 4.69) is 10.6 Å². The zero-order valence-corrected chi connectivity index (χ0v) is 14.4. The van der Waals surface area contributed by atoms with E-state index >= 15 is 0 Å². The normalized spacial score (nSPS) is 23.0. The van der Waals surface area contributed by atoms with E-state index in [1.54, 1.807) is 26.0 Å². The Hall–Kier alpha value is -2.32. The summed E-state index contributed by atoms with van der Waals surface area (Å²) in [6.45, 7) is 5.26. The van der Waals surface area contributed by atoms with Crippen molar-refractivity contribution in [2.75, 3.05) is 5.32 Å². The van der Waals surface area contributed by atoms with Crippen LogP contribution in [-0.2, 0) is 14.4 Å². The fourth-order valence-electron chi connectivity index (χ4n) is 2.92. The fourth-order valence-corrected chi connectivity index (χ4v) is 3.20. The van der Waals surface area contributed by atoms with Gasteiger partial charge in [0.05, 0.1) is 6.42 Å². The van der Waals surface area contributed by atoms with Crippen molar-refractivity contribution in [2.45, 2.75) is 38.8 Å². The van der Waals surface area contributed by atoms with Crippen LogP contribution in [0.25, 0.3) is 0 Å². The van der Waals surface area contributed by atoms with Gasteiger partial charge in [0.2, 0.25) is 17.7 Å². The third-order valence-corrected chi connectivity index (χ3v) is 4.55. The fraction of sp³-hybridized carbons (Fsp3) is 0.375. The average molecular weight is 346 g/mol. The van der Waals surface area contributed by atoms with Gasteiger partial charge in [0.15, 0.2) is 5.11 Å². The predicted octanol–water partition coefficient (Wildman–Crippen LogP) is 0.945. The lowest BCUT2D eigenvalue weighted by molar-refractivity contribution is -0.154. The van der Waals surface area contributed by atoms with Gasteiger partial charge in [0.25, 0.3) is 0 Å². The molecule has 1 aromatic rings. The molecule has 3 rings (SSSR count). The van der Waals surface area contributed by atoms with Crippen molar-refractivity contribution in [1.29, 1.82) is 0 Å². The first kappa shape index (κ1) is 16.5. The average Bonchev–Trinajstić information content (AvgIpc) is 2.87. The molecule has 0 spiro atoms. The van der Waals surface area contributed by atoms with E-state index in [0.717, 1.165) is 5.56 Å². The highest BCUT2D eigenvalue weighted by molar-refractivity contribution is 7.80. The number of fused-ring (bicyclic) bond motifs is 1. The number of hydrazine groups is 1. The summed E-state index contributed by atoms with van der Waals surface area (Å²) in [7, 11) is 0. The van der Waals surface area contributed by atoms with Gasteiger partial charge in [0.1, 0.15) is 11.6 Å². The predicted molar refractivity (Wildman–Crippen MR) is 91.7 cm³/mol. The molecule has 7 nitrogen and oxygen atoms in total. The third-order valence-electron chi connectivity index (χ3n) is 4.28. The molecular formula is C16H18N4O3S.